The fraction of sp³-hybridized carbons (Fsp3) is 0.222. The van der Waals surface area contributed by atoms with Gasteiger partial charge >= 0.3 is 5.97 Å². The molecule has 0 spiro atoms. The highest BCUT2D eigenvalue weighted by Gasteiger charge is 2.11. The first kappa shape index (κ1) is 18.6. The average molecular weight is 363 g/mol. The summed E-state index contributed by atoms with van der Waals surface area (Å²) in [5.41, 5.74) is 1.83. The molecule has 0 bridgehead atoms. The van der Waals surface area contributed by atoms with Gasteiger partial charge in [0.25, 0.3) is 5.91 Å². The number of ether oxygens (including phenoxy) is 2. The van der Waals surface area contributed by atoms with Crippen molar-refractivity contribution in [3.8, 4) is 5.75 Å². The summed E-state index contributed by atoms with van der Waals surface area (Å²) in [6, 6.07) is 11.7. The molecular weight excluding hydrogens is 344 g/mol. The van der Waals surface area contributed by atoms with Crippen molar-refractivity contribution in [2.75, 3.05) is 38.0 Å². The minimum Gasteiger partial charge on any atom is -0.495 e. The fourth-order valence-electron chi connectivity index (χ4n) is 2.05. The molecule has 1 amide bonds. The molecule has 6 nitrogen and oxygen atoms in total. The SMILES string of the molecule is COc1ccc(NC(=O)COC(=O)c2ccc(N(C)C)cc2)cc1Cl. The van der Waals surface area contributed by atoms with E-state index in [0.29, 0.717) is 22.0 Å². The molecule has 0 aliphatic rings. The molecule has 0 radical (unpaired) electrons. The number of carbonyl (C=O) groups excluding carboxylic acids is 2. The molecule has 0 saturated heterocycles. The van der Waals surface area contributed by atoms with Gasteiger partial charge in [-0.05, 0) is 42.5 Å². The summed E-state index contributed by atoms with van der Waals surface area (Å²) in [5.74, 6) is -0.514. The van der Waals surface area contributed by atoms with Gasteiger partial charge in [0.15, 0.2) is 6.61 Å². The quantitative estimate of drug-likeness (QED) is 0.799. The van der Waals surface area contributed by atoms with Crippen molar-refractivity contribution in [2.45, 2.75) is 0 Å². The van der Waals surface area contributed by atoms with Crippen molar-refractivity contribution in [2.24, 2.45) is 0 Å². The van der Waals surface area contributed by atoms with Crippen LogP contribution in [0, 0.1) is 0 Å². The van der Waals surface area contributed by atoms with E-state index in [1.165, 1.54) is 7.11 Å². The maximum absolute atomic E-state index is 12.0. The Morgan fingerprint density at radius 1 is 1.12 bits per heavy atom. The number of anilines is 2. The molecule has 0 saturated carbocycles. The fourth-order valence-corrected chi connectivity index (χ4v) is 2.31. The first-order valence-electron chi connectivity index (χ1n) is 7.48. The van der Waals surface area contributed by atoms with Crippen molar-refractivity contribution in [3.63, 3.8) is 0 Å². The van der Waals surface area contributed by atoms with Gasteiger partial charge in [0.05, 0.1) is 17.7 Å². The third kappa shape index (κ3) is 5.12. The molecular formula is C18H19ClN2O4. The number of carbonyl (C=O) groups is 2. The lowest BCUT2D eigenvalue weighted by atomic mass is 10.2. The van der Waals surface area contributed by atoms with E-state index in [1.54, 1.807) is 42.5 Å². The van der Waals surface area contributed by atoms with Gasteiger partial charge in [-0.2, -0.15) is 0 Å². The number of hydrogen-bond acceptors (Lipinski definition) is 5. The summed E-state index contributed by atoms with van der Waals surface area (Å²) in [7, 11) is 5.32. The second-order valence-electron chi connectivity index (χ2n) is 5.41. The van der Waals surface area contributed by atoms with Gasteiger partial charge in [-0.3, -0.25) is 4.79 Å². The van der Waals surface area contributed by atoms with Crippen LogP contribution in [0.2, 0.25) is 5.02 Å². The number of halogens is 1. The molecule has 25 heavy (non-hydrogen) atoms. The molecule has 0 fully saturated rings. The van der Waals surface area contributed by atoms with Crippen LogP contribution < -0.4 is 15.0 Å². The summed E-state index contributed by atoms with van der Waals surface area (Å²) in [6.07, 6.45) is 0. The van der Waals surface area contributed by atoms with Crippen LogP contribution in [0.4, 0.5) is 11.4 Å². The van der Waals surface area contributed by atoms with Crippen molar-refractivity contribution in [3.05, 3.63) is 53.1 Å². The molecule has 2 aromatic carbocycles. The highest BCUT2D eigenvalue weighted by Crippen LogP contribution is 2.27. The number of amides is 1. The Morgan fingerprint density at radius 3 is 2.36 bits per heavy atom. The number of hydrogen-bond donors (Lipinski definition) is 1. The lowest BCUT2D eigenvalue weighted by Gasteiger charge is -2.12. The van der Waals surface area contributed by atoms with Gasteiger partial charge in [0.1, 0.15) is 5.75 Å². The Bertz CT molecular complexity index is 760. The Kier molecular flexibility index (Phi) is 6.25. The van der Waals surface area contributed by atoms with Crippen LogP contribution >= 0.6 is 11.6 Å². The van der Waals surface area contributed by atoms with E-state index in [2.05, 4.69) is 5.32 Å². The number of benzene rings is 2. The minimum atomic E-state index is -0.562. The summed E-state index contributed by atoms with van der Waals surface area (Å²) >= 11 is 5.99. The van der Waals surface area contributed by atoms with E-state index < -0.39 is 18.5 Å². The summed E-state index contributed by atoms with van der Waals surface area (Å²) in [4.78, 5) is 25.8. The summed E-state index contributed by atoms with van der Waals surface area (Å²) in [5, 5.41) is 2.98. The Hall–Kier alpha value is -2.73. The molecule has 0 aliphatic carbocycles. The Labute approximate surface area is 151 Å². The van der Waals surface area contributed by atoms with Crippen LogP contribution in [0.5, 0.6) is 5.75 Å². The largest absolute Gasteiger partial charge is 0.495 e. The zero-order valence-corrected chi connectivity index (χ0v) is 15.0. The molecule has 0 aliphatic heterocycles. The standard InChI is InChI=1S/C18H19ClN2O4/c1-21(2)14-7-4-12(5-8-14)18(23)25-11-17(22)20-13-6-9-16(24-3)15(19)10-13/h4-10H,11H2,1-3H3,(H,20,22). The van der Waals surface area contributed by atoms with E-state index in [4.69, 9.17) is 21.1 Å². The number of methoxy groups -OCH3 is 1. The van der Waals surface area contributed by atoms with Crippen LogP contribution in [0.3, 0.4) is 0 Å². The predicted octanol–water partition coefficient (Wildman–Crippen LogP) is 3.21. The van der Waals surface area contributed by atoms with Crippen LogP contribution in [0.25, 0.3) is 0 Å². The van der Waals surface area contributed by atoms with Crippen molar-refractivity contribution in [1.29, 1.82) is 0 Å². The smallest absolute Gasteiger partial charge is 0.338 e. The lowest BCUT2D eigenvalue weighted by Crippen LogP contribution is -2.21. The van der Waals surface area contributed by atoms with Gasteiger partial charge in [-0.1, -0.05) is 11.6 Å². The highest BCUT2D eigenvalue weighted by molar-refractivity contribution is 6.32. The molecule has 1 N–H and O–H groups in total. The number of nitrogens with zero attached hydrogens (tertiary/aromatic N) is 1. The maximum atomic E-state index is 12.0. The maximum Gasteiger partial charge on any atom is 0.338 e. The first-order valence-corrected chi connectivity index (χ1v) is 7.86. The topological polar surface area (TPSA) is 67.9 Å². The molecule has 0 heterocycles. The van der Waals surface area contributed by atoms with Crippen molar-refractivity contribution >= 4 is 34.9 Å². The molecule has 7 heteroatoms. The second kappa shape index (κ2) is 8.39. The van der Waals surface area contributed by atoms with Gasteiger partial charge < -0.3 is 19.7 Å². The van der Waals surface area contributed by atoms with Gasteiger partial charge in [-0.15, -0.1) is 0 Å². The third-order valence-electron chi connectivity index (χ3n) is 3.39. The van der Waals surface area contributed by atoms with E-state index in [9.17, 15) is 9.59 Å². The number of nitrogens with one attached hydrogen (secondary N) is 1. The van der Waals surface area contributed by atoms with Crippen LogP contribution in [-0.4, -0.2) is 39.7 Å². The van der Waals surface area contributed by atoms with E-state index in [1.807, 2.05) is 19.0 Å². The molecule has 0 aromatic heterocycles. The average Bonchev–Trinajstić information content (AvgIpc) is 2.60. The highest BCUT2D eigenvalue weighted by atomic mass is 35.5. The molecule has 2 aromatic rings. The molecule has 132 valence electrons. The minimum absolute atomic E-state index is 0.373. The Morgan fingerprint density at radius 2 is 1.80 bits per heavy atom. The molecule has 0 atom stereocenters. The van der Waals surface area contributed by atoms with Crippen LogP contribution in [0.15, 0.2) is 42.5 Å². The number of rotatable bonds is 6. The van der Waals surface area contributed by atoms with Crippen molar-refractivity contribution in [1.82, 2.24) is 0 Å². The predicted molar refractivity (Wildman–Crippen MR) is 97.7 cm³/mol. The van der Waals surface area contributed by atoms with Crippen LogP contribution in [-0.2, 0) is 9.53 Å². The molecule has 2 rings (SSSR count). The van der Waals surface area contributed by atoms with Crippen molar-refractivity contribution < 1.29 is 19.1 Å². The summed E-state index contributed by atoms with van der Waals surface area (Å²) in [6.45, 7) is -0.391. The van der Waals surface area contributed by atoms with E-state index in [0.717, 1.165) is 5.69 Å². The Balaban J connectivity index is 1.88. The first-order chi connectivity index (χ1) is 11.9. The van der Waals surface area contributed by atoms with Gasteiger partial charge in [0.2, 0.25) is 0 Å². The van der Waals surface area contributed by atoms with Gasteiger partial charge in [0, 0.05) is 25.5 Å². The normalized spacial score (nSPS) is 10.1. The number of esters is 1. The summed E-state index contributed by atoms with van der Waals surface area (Å²) < 4.78 is 10.1. The lowest BCUT2D eigenvalue weighted by molar-refractivity contribution is -0.119. The zero-order chi connectivity index (χ0) is 18.4. The zero-order valence-electron chi connectivity index (χ0n) is 14.2. The molecule has 0 unspecified atom stereocenters. The van der Waals surface area contributed by atoms with Gasteiger partial charge in [-0.25, -0.2) is 4.79 Å². The third-order valence-corrected chi connectivity index (χ3v) is 3.68. The van der Waals surface area contributed by atoms with E-state index >= 15 is 0 Å². The van der Waals surface area contributed by atoms with Crippen LogP contribution in [0.1, 0.15) is 10.4 Å². The second-order valence-corrected chi connectivity index (χ2v) is 5.82. The van der Waals surface area contributed by atoms with E-state index in [-0.39, 0.29) is 0 Å². The monoisotopic (exact) mass is 362 g/mol.